The Balaban J connectivity index is 1.39. The minimum absolute atomic E-state index is 0.126. The van der Waals surface area contributed by atoms with Gasteiger partial charge in [0.2, 0.25) is 0 Å². The second kappa shape index (κ2) is 11.1. The first-order chi connectivity index (χ1) is 20.0. The van der Waals surface area contributed by atoms with E-state index >= 15 is 0 Å². The minimum atomic E-state index is -0.126. The average molecular weight is 534 g/mol. The number of anilines is 3. The van der Waals surface area contributed by atoms with Gasteiger partial charge in [0.25, 0.3) is 0 Å². The fourth-order valence-corrected chi connectivity index (χ4v) is 5.19. The average Bonchev–Trinajstić information content (AvgIpc) is 3.03. The van der Waals surface area contributed by atoms with Crippen LogP contribution in [0.4, 0.5) is 17.2 Å². The van der Waals surface area contributed by atoms with E-state index in [-0.39, 0.29) is 11.2 Å². The summed E-state index contributed by atoms with van der Waals surface area (Å²) < 4.78 is 0. The largest absolute Gasteiger partial charge is 0.507 e. The number of hydrogen-bond acceptors (Lipinski definition) is 4. The fraction of sp³-hybridized carbons (Fsp3) is 0.0811. The number of hydrogen-bond donors (Lipinski definition) is 1. The first kappa shape index (κ1) is 26.0. The van der Waals surface area contributed by atoms with Gasteiger partial charge in [0.1, 0.15) is 11.6 Å². The second-order valence-corrected chi connectivity index (χ2v) is 10.5. The summed E-state index contributed by atoms with van der Waals surface area (Å²) in [5.41, 5.74) is 7.63. The molecule has 0 unspecified atom stereocenters. The molecule has 0 atom stereocenters. The van der Waals surface area contributed by atoms with Crippen molar-refractivity contribution in [1.29, 1.82) is 0 Å². The number of rotatable bonds is 7. The molecule has 0 saturated carbocycles. The zero-order valence-electron chi connectivity index (χ0n) is 23.1. The zero-order chi connectivity index (χ0) is 28.2. The van der Waals surface area contributed by atoms with Crippen molar-refractivity contribution < 1.29 is 5.11 Å². The number of phenols is 1. The van der Waals surface area contributed by atoms with Gasteiger partial charge in [-0.15, -0.1) is 0 Å². The van der Waals surface area contributed by atoms with Gasteiger partial charge in [0.15, 0.2) is 0 Å². The zero-order valence-corrected chi connectivity index (χ0v) is 23.1. The van der Waals surface area contributed by atoms with Gasteiger partial charge in [-0.1, -0.05) is 92.7 Å². The molecule has 0 aliphatic rings. The van der Waals surface area contributed by atoms with Crippen molar-refractivity contribution in [3.05, 3.63) is 157 Å². The Labute approximate surface area is 241 Å². The molecule has 1 N–H and O–H groups in total. The van der Waals surface area contributed by atoms with Gasteiger partial charge in [-0.25, -0.2) is 9.97 Å². The first-order valence-corrected chi connectivity index (χ1v) is 13.7. The van der Waals surface area contributed by atoms with Crippen LogP contribution in [-0.4, -0.2) is 15.1 Å². The Morgan fingerprint density at radius 1 is 0.585 bits per heavy atom. The molecule has 2 heterocycles. The van der Waals surface area contributed by atoms with E-state index in [0.29, 0.717) is 5.56 Å². The molecule has 200 valence electrons. The Morgan fingerprint density at radius 2 is 1.27 bits per heavy atom. The third-order valence-corrected chi connectivity index (χ3v) is 7.55. The summed E-state index contributed by atoms with van der Waals surface area (Å²) >= 11 is 0. The van der Waals surface area contributed by atoms with Crippen molar-refractivity contribution in [3.63, 3.8) is 0 Å². The molecular formula is C37H31N3O. The van der Waals surface area contributed by atoms with Crippen molar-refractivity contribution >= 4 is 17.2 Å². The molecule has 41 heavy (non-hydrogen) atoms. The molecule has 6 aromatic rings. The third kappa shape index (κ3) is 5.32. The molecular weight excluding hydrogens is 502 g/mol. The third-order valence-electron chi connectivity index (χ3n) is 7.55. The highest BCUT2D eigenvalue weighted by molar-refractivity contribution is 5.78. The lowest BCUT2D eigenvalue weighted by Gasteiger charge is -2.28. The summed E-state index contributed by atoms with van der Waals surface area (Å²) in [6.07, 6.45) is 1.82. The molecule has 0 spiro atoms. The van der Waals surface area contributed by atoms with Gasteiger partial charge in [-0.05, 0) is 71.8 Å². The van der Waals surface area contributed by atoms with E-state index in [2.05, 4.69) is 91.5 Å². The highest BCUT2D eigenvalue weighted by atomic mass is 16.3. The Morgan fingerprint density at radius 3 is 2.02 bits per heavy atom. The summed E-state index contributed by atoms with van der Waals surface area (Å²) in [5.74, 6) is 1.04. The Bertz CT molecular complexity index is 1760. The molecule has 0 aliphatic carbocycles. The number of para-hydroxylation sites is 1. The van der Waals surface area contributed by atoms with Crippen molar-refractivity contribution in [2.45, 2.75) is 19.3 Å². The summed E-state index contributed by atoms with van der Waals surface area (Å²) in [6, 6.07) is 46.8. The van der Waals surface area contributed by atoms with Crippen molar-refractivity contribution in [2.75, 3.05) is 4.90 Å². The van der Waals surface area contributed by atoms with E-state index in [0.717, 1.165) is 34.1 Å². The predicted octanol–water partition coefficient (Wildman–Crippen LogP) is 9.31. The maximum absolute atomic E-state index is 10.4. The number of benzene rings is 4. The molecule has 4 heteroatoms. The number of phenolic OH excluding ortho intramolecular Hbond substituents is 1. The Kier molecular flexibility index (Phi) is 7.05. The topological polar surface area (TPSA) is 49.2 Å². The Hall–Kier alpha value is -5.22. The molecule has 6 rings (SSSR count). The van der Waals surface area contributed by atoms with E-state index in [1.807, 2.05) is 66.9 Å². The van der Waals surface area contributed by atoms with Gasteiger partial charge in [-0.2, -0.15) is 0 Å². The molecule has 0 bridgehead atoms. The maximum atomic E-state index is 10.4. The monoisotopic (exact) mass is 533 g/mol. The summed E-state index contributed by atoms with van der Waals surface area (Å²) in [4.78, 5) is 11.8. The van der Waals surface area contributed by atoms with Gasteiger partial charge in [0, 0.05) is 34.1 Å². The molecule has 0 amide bonds. The highest BCUT2D eigenvalue weighted by Gasteiger charge is 2.23. The highest BCUT2D eigenvalue weighted by Crippen LogP contribution is 2.38. The maximum Gasteiger partial charge on any atom is 0.137 e. The van der Waals surface area contributed by atoms with Crippen LogP contribution in [0.1, 0.15) is 25.0 Å². The lowest BCUT2D eigenvalue weighted by atomic mass is 9.78. The summed E-state index contributed by atoms with van der Waals surface area (Å²) in [5, 5.41) is 10.4. The molecule has 0 saturated heterocycles. The van der Waals surface area contributed by atoms with Crippen LogP contribution in [0.5, 0.6) is 5.75 Å². The predicted molar refractivity (Wildman–Crippen MR) is 168 cm³/mol. The second-order valence-electron chi connectivity index (χ2n) is 10.5. The molecule has 0 fully saturated rings. The van der Waals surface area contributed by atoms with Crippen LogP contribution >= 0.6 is 0 Å². The normalized spacial score (nSPS) is 11.3. The van der Waals surface area contributed by atoms with Crippen molar-refractivity contribution in [3.8, 4) is 28.3 Å². The van der Waals surface area contributed by atoms with E-state index in [1.165, 1.54) is 11.1 Å². The number of nitrogens with zero attached hydrogens (tertiary/aromatic N) is 3. The van der Waals surface area contributed by atoms with Crippen LogP contribution in [0.2, 0.25) is 0 Å². The molecule has 2 aromatic heterocycles. The molecule has 0 radical (unpaired) electrons. The molecule has 0 aliphatic heterocycles. The van der Waals surface area contributed by atoms with Gasteiger partial charge < -0.3 is 5.11 Å². The number of aromatic nitrogens is 2. The smallest absolute Gasteiger partial charge is 0.137 e. The van der Waals surface area contributed by atoms with Crippen molar-refractivity contribution in [2.24, 2.45) is 0 Å². The van der Waals surface area contributed by atoms with Crippen LogP contribution in [0.15, 0.2) is 146 Å². The summed E-state index contributed by atoms with van der Waals surface area (Å²) in [7, 11) is 0. The lowest BCUT2D eigenvalue weighted by molar-refractivity contribution is 0.477. The van der Waals surface area contributed by atoms with Crippen LogP contribution in [0, 0.1) is 0 Å². The van der Waals surface area contributed by atoms with E-state index in [9.17, 15) is 5.11 Å². The van der Waals surface area contributed by atoms with Crippen LogP contribution in [-0.2, 0) is 5.41 Å². The SMILES string of the molecule is CC(C)(c1ccccc1)c1ccc(N(c2cccc(-c3cccc(-c4ccccc4O)n3)c2)c2ccccn2)cc1. The van der Waals surface area contributed by atoms with Gasteiger partial charge in [-0.3, -0.25) is 4.90 Å². The first-order valence-electron chi connectivity index (χ1n) is 13.7. The van der Waals surface area contributed by atoms with Crippen LogP contribution in [0.25, 0.3) is 22.5 Å². The van der Waals surface area contributed by atoms with Crippen molar-refractivity contribution in [1.82, 2.24) is 9.97 Å². The minimum Gasteiger partial charge on any atom is -0.507 e. The quantitative estimate of drug-likeness (QED) is 0.222. The standard InChI is InChI=1S/C37H31N3O/c1-37(2,28-13-4-3-5-14-28)29-21-23-30(24-22-29)40(36-20-8-9-25-38-36)31-15-10-12-27(26-31)33-17-11-18-34(39-33)32-16-6-7-19-35(32)41/h3-26,41H,1-2H3. The van der Waals surface area contributed by atoms with Crippen LogP contribution < -0.4 is 4.90 Å². The number of pyridine rings is 2. The fourth-order valence-electron chi connectivity index (χ4n) is 5.19. The lowest BCUT2D eigenvalue weighted by Crippen LogP contribution is -2.19. The van der Waals surface area contributed by atoms with Crippen LogP contribution in [0.3, 0.4) is 0 Å². The summed E-state index contributed by atoms with van der Waals surface area (Å²) in [6.45, 7) is 4.52. The van der Waals surface area contributed by atoms with Gasteiger partial charge in [0.05, 0.1) is 11.4 Å². The van der Waals surface area contributed by atoms with E-state index < -0.39 is 0 Å². The number of aromatic hydroxyl groups is 1. The van der Waals surface area contributed by atoms with E-state index in [4.69, 9.17) is 9.97 Å². The van der Waals surface area contributed by atoms with E-state index in [1.54, 1.807) is 6.07 Å². The molecule has 4 aromatic carbocycles. The van der Waals surface area contributed by atoms with Gasteiger partial charge >= 0.3 is 0 Å². The molecule has 4 nitrogen and oxygen atoms in total.